The van der Waals surface area contributed by atoms with E-state index < -0.39 is 0 Å². The number of fused-ring (bicyclic) bond motifs is 1. The van der Waals surface area contributed by atoms with E-state index in [4.69, 9.17) is 0 Å². The number of aromatic nitrogens is 2. The highest BCUT2D eigenvalue weighted by atomic mass is 32.1. The van der Waals surface area contributed by atoms with Crippen molar-refractivity contribution in [2.45, 2.75) is 38.1 Å². The largest absolute Gasteiger partial charge is 0.343 e. The number of imidazole rings is 1. The molecule has 0 atom stereocenters. The van der Waals surface area contributed by atoms with Gasteiger partial charge in [0.05, 0.1) is 6.33 Å². The normalized spacial score (nSPS) is 15.8. The zero-order chi connectivity index (χ0) is 17.1. The van der Waals surface area contributed by atoms with Crippen LogP contribution in [0.4, 0.5) is 0 Å². The molecule has 2 aromatic heterocycles. The minimum absolute atomic E-state index is 0.309. The molecule has 1 fully saturated rings. The second kappa shape index (κ2) is 7.40. The summed E-state index contributed by atoms with van der Waals surface area (Å²) in [4.78, 5) is 18.7. The Bertz CT molecular complexity index is 832. The number of thiophene rings is 1. The first-order chi connectivity index (χ1) is 12.3. The maximum absolute atomic E-state index is 12.5. The lowest BCUT2D eigenvalue weighted by molar-refractivity contribution is -0.132. The van der Waals surface area contributed by atoms with Crippen LogP contribution in [0.2, 0.25) is 0 Å². The van der Waals surface area contributed by atoms with Gasteiger partial charge in [0.2, 0.25) is 5.91 Å². The van der Waals surface area contributed by atoms with Crippen molar-refractivity contribution in [3.8, 4) is 0 Å². The molecule has 130 valence electrons. The third-order valence-corrected chi connectivity index (χ3v) is 6.17. The molecular weight excluding hydrogens is 330 g/mol. The first kappa shape index (κ1) is 16.3. The lowest BCUT2D eigenvalue weighted by Gasteiger charge is -2.32. The van der Waals surface area contributed by atoms with Crippen LogP contribution in [0.1, 0.15) is 37.3 Å². The van der Waals surface area contributed by atoms with Crippen LogP contribution in [0.5, 0.6) is 0 Å². The lowest BCUT2D eigenvalue weighted by atomic mass is 10.0. The Kier molecular flexibility index (Phi) is 4.83. The fourth-order valence-corrected chi connectivity index (χ4v) is 4.71. The van der Waals surface area contributed by atoms with Crippen molar-refractivity contribution < 1.29 is 4.79 Å². The zero-order valence-electron chi connectivity index (χ0n) is 14.3. The van der Waals surface area contributed by atoms with Gasteiger partial charge >= 0.3 is 0 Å². The van der Waals surface area contributed by atoms with Crippen molar-refractivity contribution in [3.05, 3.63) is 53.9 Å². The Balaban J connectivity index is 1.26. The van der Waals surface area contributed by atoms with E-state index in [1.807, 2.05) is 23.6 Å². The molecule has 5 heteroatoms. The predicted molar refractivity (Wildman–Crippen MR) is 102 cm³/mol. The van der Waals surface area contributed by atoms with Crippen LogP contribution < -0.4 is 0 Å². The van der Waals surface area contributed by atoms with Crippen molar-refractivity contribution >= 4 is 27.3 Å². The van der Waals surface area contributed by atoms with Crippen molar-refractivity contribution in [2.75, 3.05) is 13.1 Å². The van der Waals surface area contributed by atoms with Gasteiger partial charge in [0.15, 0.2) is 0 Å². The van der Waals surface area contributed by atoms with Gasteiger partial charge in [-0.05, 0) is 48.1 Å². The third-order valence-electron chi connectivity index (χ3n) is 5.16. The van der Waals surface area contributed by atoms with Crippen molar-refractivity contribution in [3.63, 3.8) is 0 Å². The number of amides is 1. The number of benzene rings is 1. The molecule has 0 unspecified atom stereocenters. The average Bonchev–Trinajstić information content (AvgIpc) is 3.32. The Morgan fingerprint density at radius 3 is 2.88 bits per heavy atom. The predicted octanol–water partition coefficient (Wildman–Crippen LogP) is 4.28. The van der Waals surface area contributed by atoms with Crippen LogP contribution >= 0.6 is 11.3 Å². The number of likely N-dealkylation sites (tertiary alicyclic amines) is 1. The molecule has 4 rings (SSSR count). The highest BCUT2D eigenvalue weighted by Gasteiger charge is 2.23. The summed E-state index contributed by atoms with van der Waals surface area (Å²) >= 11 is 1.80. The molecule has 3 heterocycles. The number of piperidine rings is 1. The quantitative estimate of drug-likeness (QED) is 0.686. The van der Waals surface area contributed by atoms with Crippen molar-refractivity contribution in [1.82, 2.24) is 14.5 Å². The van der Waals surface area contributed by atoms with Crippen LogP contribution in [0, 0.1) is 0 Å². The van der Waals surface area contributed by atoms with Crippen molar-refractivity contribution in [2.24, 2.45) is 0 Å². The number of carbonyl (C=O) groups excluding carboxylic acids is 1. The molecule has 1 saturated heterocycles. The number of aryl methyl sites for hydroxylation is 1. The Hall–Kier alpha value is -2.14. The number of hydrogen-bond donors (Lipinski definition) is 0. The minimum atomic E-state index is 0.309. The summed E-state index contributed by atoms with van der Waals surface area (Å²) in [7, 11) is 0. The van der Waals surface area contributed by atoms with Gasteiger partial charge in [0.25, 0.3) is 0 Å². The summed E-state index contributed by atoms with van der Waals surface area (Å²) in [6.07, 6.45) is 10.4. The van der Waals surface area contributed by atoms with Crippen LogP contribution in [0.25, 0.3) is 10.1 Å². The summed E-state index contributed by atoms with van der Waals surface area (Å²) in [5, 5.41) is 3.59. The van der Waals surface area contributed by atoms with E-state index in [1.54, 1.807) is 11.3 Å². The zero-order valence-corrected chi connectivity index (χ0v) is 15.1. The summed E-state index contributed by atoms with van der Waals surface area (Å²) in [5.41, 5.74) is 1.38. The van der Waals surface area contributed by atoms with Gasteiger partial charge < -0.3 is 9.47 Å². The van der Waals surface area contributed by atoms with Gasteiger partial charge in [0.1, 0.15) is 0 Å². The highest BCUT2D eigenvalue weighted by molar-refractivity contribution is 7.17. The molecule has 25 heavy (non-hydrogen) atoms. The number of nitrogens with zero attached hydrogens (tertiary/aromatic N) is 3. The molecule has 0 radical (unpaired) electrons. The molecule has 3 aromatic rings. The maximum Gasteiger partial charge on any atom is 0.222 e. The van der Waals surface area contributed by atoms with E-state index in [0.29, 0.717) is 18.4 Å². The summed E-state index contributed by atoms with van der Waals surface area (Å²) in [5.74, 6) is 0.309. The van der Waals surface area contributed by atoms with Crippen molar-refractivity contribution in [1.29, 1.82) is 0 Å². The second-order valence-electron chi connectivity index (χ2n) is 6.73. The Morgan fingerprint density at radius 1 is 1.24 bits per heavy atom. The Morgan fingerprint density at radius 2 is 2.08 bits per heavy atom. The molecule has 0 N–H and O–H groups in total. The molecule has 1 amide bonds. The fraction of sp³-hybridized carbons (Fsp3) is 0.400. The van der Waals surface area contributed by atoms with Gasteiger partial charge in [-0.2, -0.15) is 0 Å². The van der Waals surface area contributed by atoms with Crippen LogP contribution in [0.3, 0.4) is 0 Å². The number of hydrogen-bond acceptors (Lipinski definition) is 3. The number of carbonyl (C=O) groups is 1. The van der Waals surface area contributed by atoms with E-state index in [9.17, 15) is 4.79 Å². The van der Waals surface area contributed by atoms with E-state index in [0.717, 1.165) is 38.8 Å². The SMILES string of the molecule is O=C(CCCc1csc2ccccc12)N1CCC(n2ccnc2)CC1. The molecule has 0 aliphatic carbocycles. The summed E-state index contributed by atoms with van der Waals surface area (Å²) < 4.78 is 3.51. The van der Waals surface area contributed by atoms with E-state index in [2.05, 4.69) is 39.2 Å². The topological polar surface area (TPSA) is 38.1 Å². The lowest BCUT2D eigenvalue weighted by Crippen LogP contribution is -2.38. The standard InChI is InChI=1S/C20H23N3OS/c24-20(22-11-8-17(9-12-22)23-13-10-21-15-23)7-3-4-16-14-25-19-6-2-1-5-18(16)19/h1-2,5-6,10,13-15,17H,3-4,7-9,11-12H2. The average molecular weight is 353 g/mol. The fourth-order valence-electron chi connectivity index (χ4n) is 3.71. The van der Waals surface area contributed by atoms with Crippen LogP contribution in [-0.2, 0) is 11.2 Å². The van der Waals surface area contributed by atoms with Gasteiger partial charge in [-0.25, -0.2) is 4.98 Å². The molecular formula is C20H23N3OS. The van der Waals surface area contributed by atoms with E-state index >= 15 is 0 Å². The maximum atomic E-state index is 12.5. The van der Waals surface area contributed by atoms with Crippen LogP contribution in [-0.4, -0.2) is 33.4 Å². The van der Waals surface area contributed by atoms with Gasteiger partial charge in [0, 0.05) is 42.6 Å². The molecule has 4 nitrogen and oxygen atoms in total. The highest BCUT2D eigenvalue weighted by Crippen LogP contribution is 2.27. The Labute approximate surface area is 152 Å². The molecule has 1 aliphatic heterocycles. The van der Waals surface area contributed by atoms with Crippen LogP contribution in [0.15, 0.2) is 48.4 Å². The number of rotatable bonds is 5. The van der Waals surface area contributed by atoms with Gasteiger partial charge in [-0.15, -0.1) is 11.3 Å². The van der Waals surface area contributed by atoms with E-state index in [1.165, 1.54) is 15.6 Å². The molecule has 1 aliphatic rings. The first-order valence-electron chi connectivity index (χ1n) is 9.01. The van der Waals surface area contributed by atoms with Gasteiger partial charge in [-0.1, -0.05) is 18.2 Å². The third kappa shape index (κ3) is 3.61. The van der Waals surface area contributed by atoms with Gasteiger partial charge in [-0.3, -0.25) is 4.79 Å². The molecule has 0 bridgehead atoms. The minimum Gasteiger partial charge on any atom is -0.343 e. The second-order valence-corrected chi connectivity index (χ2v) is 7.64. The first-order valence-corrected chi connectivity index (χ1v) is 9.89. The summed E-state index contributed by atoms with van der Waals surface area (Å²) in [6.45, 7) is 1.73. The summed E-state index contributed by atoms with van der Waals surface area (Å²) in [6, 6.07) is 9.01. The molecule has 0 spiro atoms. The smallest absolute Gasteiger partial charge is 0.222 e. The van der Waals surface area contributed by atoms with E-state index in [-0.39, 0.29) is 0 Å². The monoisotopic (exact) mass is 353 g/mol. The molecule has 1 aromatic carbocycles. The molecule has 0 saturated carbocycles.